The number of carbonyl (C=O) groups excluding carboxylic acids is 1. The van der Waals surface area contributed by atoms with Crippen LogP contribution in [0, 0.1) is 10.8 Å². The van der Waals surface area contributed by atoms with Crippen LogP contribution in [0.5, 0.6) is 5.75 Å². The Kier molecular flexibility index (Phi) is 7.79. The predicted molar refractivity (Wildman–Crippen MR) is 138 cm³/mol. The maximum Gasteiger partial charge on any atom is 0.317 e. The van der Waals surface area contributed by atoms with E-state index in [1.807, 2.05) is 26.0 Å². The summed E-state index contributed by atoms with van der Waals surface area (Å²) in [5, 5.41) is 0. The molecule has 0 spiro atoms. The second-order valence-electron chi connectivity index (χ2n) is 10.7. The van der Waals surface area contributed by atoms with Crippen molar-refractivity contribution >= 4 is 5.97 Å². The van der Waals surface area contributed by atoms with Crippen LogP contribution in [-0.2, 0) is 11.2 Å². The lowest BCUT2D eigenvalue weighted by Gasteiger charge is -2.36. The van der Waals surface area contributed by atoms with E-state index in [0.717, 1.165) is 12.8 Å². The monoisotopic (exact) mass is 442 g/mol. The van der Waals surface area contributed by atoms with Gasteiger partial charge in [-0.25, -0.2) is 0 Å². The van der Waals surface area contributed by atoms with Gasteiger partial charge in [-0.3, -0.25) is 4.79 Å². The van der Waals surface area contributed by atoms with Gasteiger partial charge in [-0.2, -0.15) is 0 Å². The zero-order chi connectivity index (χ0) is 24.1. The minimum Gasteiger partial charge on any atom is -0.426 e. The first kappa shape index (κ1) is 24.8. The molecule has 174 valence electrons. The van der Waals surface area contributed by atoms with Gasteiger partial charge in [0.1, 0.15) is 5.75 Å². The molecule has 2 nitrogen and oxygen atoms in total. The van der Waals surface area contributed by atoms with Gasteiger partial charge in [0, 0.05) is 0 Å². The molecule has 33 heavy (non-hydrogen) atoms. The quantitative estimate of drug-likeness (QED) is 0.260. The van der Waals surface area contributed by atoms with Gasteiger partial charge in [-0.1, -0.05) is 100 Å². The molecule has 0 bridgehead atoms. The first-order valence-corrected chi connectivity index (χ1v) is 12.0. The van der Waals surface area contributed by atoms with Crippen LogP contribution in [0.3, 0.4) is 0 Å². The molecule has 0 radical (unpaired) electrons. The highest BCUT2D eigenvalue weighted by atomic mass is 16.5. The Hall–Kier alpha value is -2.87. The fourth-order valence-electron chi connectivity index (χ4n) is 3.98. The molecule has 2 heteroatoms. The third kappa shape index (κ3) is 6.13. The number of rotatable bonds is 8. The summed E-state index contributed by atoms with van der Waals surface area (Å²) < 4.78 is 5.75. The molecule has 0 saturated carbocycles. The topological polar surface area (TPSA) is 26.3 Å². The summed E-state index contributed by atoms with van der Waals surface area (Å²) in [6, 6.07) is 29.6. The highest BCUT2D eigenvalue weighted by Gasteiger charge is 2.41. The van der Waals surface area contributed by atoms with Crippen molar-refractivity contribution in [2.45, 2.75) is 66.2 Å². The molecule has 2 atom stereocenters. The van der Waals surface area contributed by atoms with Gasteiger partial charge in [0.25, 0.3) is 0 Å². The van der Waals surface area contributed by atoms with E-state index in [9.17, 15) is 4.79 Å². The smallest absolute Gasteiger partial charge is 0.317 e. The van der Waals surface area contributed by atoms with Crippen LogP contribution >= 0.6 is 0 Å². The molecule has 3 aromatic rings. The number of aryl methyl sites for hydroxylation is 1. The fraction of sp³-hybridized carbons (Fsp3) is 0.387. The number of esters is 1. The van der Waals surface area contributed by atoms with Crippen LogP contribution in [0.25, 0.3) is 0 Å². The third-order valence-corrected chi connectivity index (χ3v) is 7.42. The van der Waals surface area contributed by atoms with Crippen LogP contribution in [0.15, 0.2) is 84.9 Å². The largest absolute Gasteiger partial charge is 0.426 e. The van der Waals surface area contributed by atoms with Crippen molar-refractivity contribution in [3.63, 3.8) is 0 Å². The van der Waals surface area contributed by atoms with E-state index in [1.165, 1.54) is 16.7 Å². The second-order valence-corrected chi connectivity index (χ2v) is 10.7. The Morgan fingerprint density at radius 2 is 1.30 bits per heavy atom. The molecule has 3 rings (SSSR count). The number of benzene rings is 3. The summed E-state index contributed by atoms with van der Waals surface area (Å²) in [7, 11) is 0. The van der Waals surface area contributed by atoms with Crippen LogP contribution in [0.1, 0.15) is 76.5 Å². The van der Waals surface area contributed by atoms with Crippen molar-refractivity contribution in [1.29, 1.82) is 0 Å². The van der Waals surface area contributed by atoms with Crippen molar-refractivity contribution < 1.29 is 9.53 Å². The van der Waals surface area contributed by atoms with Crippen LogP contribution in [-0.4, -0.2) is 5.97 Å². The highest BCUT2D eigenvalue weighted by molar-refractivity contribution is 5.79. The molecular weight excluding hydrogens is 404 g/mol. The maximum absolute atomic E-state index is 12.8. The molecule has 0 N–H and O–H groups in total. The number of hydrogen-bond donors (Lipinski definition) is 0. The molecule has 0 saturated heterocycles. The normalized spacial score (nSPS) is 13.9. The molecule has 2 unspecified atom stereocenters. The van der Waals surface area contributed by atoms with Crippen LogP contribution in [0.4, 0.5) is 0 Å². The lowest BCUT2D eigenvalue weighted by Crippen LogP contribution is -2.40. The molecule has 0 aliphatic carbocycles. The molecule has 3 aromatic carbocycles. The second kappa shape index (κ2) is 10.4. The third-order valence-electron chi connectivity index (χ3n) is 7.42. The SMILES string of the molecule is CC(c1ccc(OC(=O)C(C)(C)C(C)(C)C)cc1)C(CCc1ccccc1)c1ccccc1. The van der Waals surface area contributed by atoms with E-state index in [-0.39, 0.29) is 11.4 Å². The highest BCUT2D eigenvalue weighted by Crippen LogP contribution is 2.40. The first-order valence-electron chi connectivity index (χ1n) is 12.0. The van der Waals surface area contributed by atoms with Crippen LogP contribution in [0.2, 0.25) is 0 Å². The summed E-state index contributed by atoms with van der Waals surface area (Å²) in [4.78, 5) is 12.8. The summed E-state index contributed by atoms with van der Waals surface area (Å²) in [5.74, 6) is 1.15. The van der Waals surface area contributed by atoms with Gasteiger partial charge < -0.3 is 4.74 Å². The van der Waals surface area contributed by atoms with Crippen molar-refractivity contribution in [2.75, 3.05) is 0 Å². The van der Waals surface area contributed by atoms with E-state index in [0.29, 0.717) is 17.6 Å². The summed E-state index contributed by atoms with van der Waals surface area (Å²) in [6.45, 7) is 12.4. The lowest BCUT2D eigenvalue weighted by atomic mass is 9.69. The van der Waals surface area contributed by atoms with Gasteiger partial charge in [-0.15, -0.1) is 0 Å². The molecule has 0 amide bonds. The fourth-order valence-corrected chi connectivity index (χ4v) is 3.98. The number of hydrogen-bond acceptors (Lipinski definition) is 2. The molecule has 0 heterocycles. The molecule has 0 aliphatic heterocycles. The van der Waals surface area contributed by atoms with Crippen molar-refractivity contribution in [3.8, 4) is 5.75 Å². The summed E-state index contributed by atoms with van der Waals surface area (Å²) in [5.41, 5.74) is 3.24. The minimum atomic E-state index is -0.575. The van der Waals surface area contributed by atoms with Gasteiger partial charge >= 0.3 is 5.97 Å². The zero-order valence-corrected chi connectivity index (χ0v) is 21.0. The Labute approximate surface area is 200 Å². The number of carbonyl (C=O) groups is 1. The van der Waals surface area contributed by atoms with E-state index in [4.69, 9.17) is 4.74 Å². The summed E-state index contributed by atoms with van der Waals surface area (Å²) in [6.07, 6.45) is 2.12. The average Bonchev–Trinajstić information content (AvgIpc) is 2.80. The predicted octanol–water partition coefficient (Wildman–Crippen LogP) is 8.18. The van der Waals surface area contributed by atoms with Crippen molar-refractivity contribution in [3.05, 3.63) is 102 Å². The molecule has 0 fully saturated rings. The average molecular weight is 443 g/mol. The lowest BCUT2D eigenvalue weighted by molar-refractivity contribution is -0.150. The van der Waals surface area contributed by atoms with Crippen molar-refractivity contribution in [2.24, 2.45) is 10.8 Å². The number of ether oxygens (including phenoxy) is 1. The van der Waals surface area contributed by atoms with Crippen molar-refractivity contribution in [1.82, 2.24) is 0 Å². The molecule has 0 aliphatic rings. The maximum atomic E-state index is 12.8. The van der Waals surface area contributed by atoms with E-state index < -0.39 is 5.41 Å². The Morgan fingerprint density at radius 3 is 1.85 bits per heavy atom. The Morgan fingerprint density at radius 1 is 0.758 bits per heavy atom. The molecule has 0 aromatic heterocycles. The van der Waals surface area contributed by atoms with Gasteiger partial charge in [0.05, 0.1) is 5.41 Å². The summed E-state index contributed by atoms with van der Waals surface area (Å²) >= 11 is 0. The van der Waals surface area contributed by atoms with Gasteiger partial charge in [0.15, 0.2) is 0 Å². The van der Waals surface area contributed by atoms with E-state index >= 15 is 0 Å². The Balaban J connectivity index is 1.76. The Bertz CT molecular complexity index is 1010. The first-order chi connectivity index (χ1) is 15.6. The van der Waals surface area contributed by atoms with Crippen LogP contribution < -0.4 is 4.74 Å². The van der Waals surface area contributed by atoms with E-state index in [1.54, 1.807) is 0 Å². The zero-order valence-electron chi connectivity index (χ0n) is 21.0. The minimum absolute atomic E-state index is 0.180. The van der Waals surface area contributed by atoms with E-state index in [2.05, 4.69) is 100 Å². The van der Waals surface area contributed by atoms with Gasteiger partial charge in [0.2, 0.25) is 0 Å². The van der Waals surface area contributed by atoms with Gasteiger partial charge in [-0.05, 0) is 72.8 Å². The molecular formula is C31H38O2. The standard InChI is InChI=1S/C31H38O2/c1-23(25-18-20-27(21-19-25)33-29(32)31(5,6)30(2,3)4)28(26-15-11-8-12-16-26)22-17-24-13-9-7-10-14-24/h7-16,18-21,23,28H,17,22H2,1-6H3.